The third kappa shape index (κ3) is 9.43. The summed E-state index contributed by atoms with van der Waals surface area (Å²) >= 11 is 6.45. The second-order valence-corrected chi connectivity index (χ2v) is 20.8. The third-order valence-corrected chi connectivity index (χ3v) is 16.4. The Morgan fingerprint density at radius 3 is 2.39 bits per heavy atom. The van der Waals surface area contributed by atoms with Crippen LogP contribution in [0.5, 0.6) is 11.8 Å². The number of phenolic OH excluding ortho intramolecular Hbond substituents is 1. The summed E-state index contributed by atoms with van der Waals surface area (Å²) in [7, 11) is 0. The van der Waals surface area contributed by atoms with Crippen LogP contribution in [0, 0.1) is 35.3 Å². The molecule has 6 aliphatic rings. The normalized spacial score (nSPS) is 22.1. The molecule has 71 heavy (non-hydrogen) atoms. The molecule has 1 saturated carbocycles. The first kappa shape index (κ1) is 47.2. The number of pyridine rings is 1. The minimum Gasteiger partial charge on any atom is -0.508 e. The van der Waals surface area contributed by atoms with Crippen LogP contribution in [0.2, 0.25) is 5.02 Å². The molecule has 5 aliphatic heterocycles. The molecular formula is C53H57ClF2N10O5. The van der Waals surface area contributed by atoms with Gasteiger partial charge in [0.25, 0.3) is 5.91 Å². The number of anilines is 2. The fourth-order valence-corrected chi connectivity index (χ4v) is 12.3. The van der Waals surface area contributed by atoms with Crippen LogP contribution in [0.1, 0.15) is 73.7 Å². The van der Waals surface area contributed by atoms with E-state index in [4.69, 9.17) is 27.7 Å². The van der Waals surface area contributed by atoms with Crippen molar-refractivity contribution in [2.24, 2.45) is 11.3 Å². The maximum absolute atomic E-state index is 17.0. The predicted octanol–water partition coefficient (Wildman–Crippen LogP) is 6.96. The number of piperazine rings is 2. The van der Waals surface area contributed by atoms with Crippen molar-refractivity contribution in [3.8, 4) is 35.4 Å². The number of carbonyl (C=O) groups is 3. The van der Waals surface area contributed by atoms with Crippen molar-refractivity contribution in [2.75, 3.05) is 88.4 Å². The molecule has 5 saturated heterocycles. The third-order valence-electron chi connectivity index (χ3n) is 16.0. The SMILES string of the molecule is C#Cc1c(F)ccc2cc(O)cc(-c3ncc4c(N5CC6CCC(C5)N6)nc(OCCN5CCN(CC6CCC7(CC6)CCN(C(=O)c6ccc(Cl)c(N8CCC(=O)NC8=O)c6)CC7)CC5)nc4c3F)c12. The molecule has 1 aliphatic carbocycles. The van der Waals surface area contributed by atoms with Crippen molar-refractivity contribution in [2.45, 2.75) is 69.9 Å². The summed E-state index contributed by atoms with van der Waals surface area (Å²) in [6.07, 6.45) is 16.2. The molecule has 2 bridgehead atoms. The Kier molecular flexibility index (Phi) is 12.9. The molecule has 1 spiro atoms. The molecule has 2 unspecified atom stereocenters. The van der Waals surface area contributed by atoms with Gasteiger partial charge in [-0.2, -0.15) is 9.97 Å². The molecule has 7 heterocycles. The van der Waals surface area contributed by atoms with Crippen molar-refractivity contribution in [3.05, 3.63) is 76.4 Å². The molecule has 0 radical (unpaired) electrons. The zero-order valence-corrected chi connectivity index (χ0v) is 40.3. The van der Waals surface area contributed by atoms with Crippen molar-refractivity contribution < 1.29 is 33.0 Å². The lowest BCUT2D eigenvalue weighted by Gasteiger charge is -2.47. The van der Waals surface area contributed by atoms with Gasteiger partial charge in [-0.05, 0) is 104 Å². The largest absolute Gasteiger partial charge is 0.508 e. The number of likely N-dealkylation sites (tertiary alicyclic amines) is 1. The fraction of sp³-hybridized carbons (Fsp3) is 0.472. The second kappa shape index (κ2) is 19.4. The van der Waals surface area contributed by atoms with E-state index in [0.29, 0.717) is 90.2 Å². The lowest BCUT2D eigenvalue weighted by atomic mass is 9.65. The number of carbonyl (C=O) groups excluding carboxylic acids is 3. The molecule has 6 fully saturated rings. The highest BCUT2D eigenvalue weighted by Gasteiger charge is 2.40. The van der Waals surface area contributed by atoms with E-state index < -0.39 is 17.7 Å². The van der Waals surface area contributed by atoms with Crippen molar-refractivity contribution in [1.29, 1.82) is 0 Å². The van der Waals surface area contributed by atoms with Gasteiger partial charge in [0, 0.05) is 113 Å². The summed E-state index contributed by atoms with van der Waals surface area (Å²) in [6, 6.07) is 10.7. The number of phenols is 1. The Hall–Kier alpha value is -6.19. The topological polar surface area (TPSA) is 160 Å². The molecule has 370 valence electrons. The van der Waals surface area contributed by atoms with E-state index in [1.807, 2.05) is 4.90 Å². The molecule has 2 aromatic heterocycles. The lowest BCUT2D eigenvalue weighted by Crippen LogP contribution is -2.51. The summed E-state index contributed by atoms with van der Waals surface area (Å²) in [5.74, 6) is 1.69. The van der Waals surface area contributed by atoms with Crippen LogP contribution in [0.25, 0.3) is 32.9 Å². The van der Waals surface area contributed by atoms with Gasteiger partial charge in [-0.15, -0.1) is 6.42 Å². The summed E-state index contributed by atoms with van der Waals surface area (Å²) in [5, 5.41) is 18.2. The van der Waals surface area contributed by atoms with Crippen molar-refractivity contribution in [3.63, 3.8) is 0 Å². The number of imide groups is 1. The summed E-state index contributed by atoms with van der Waals surface area (Å²) in [5.41, 5.74) is 1.20. The van der Waals surface area contributed by atoms with Crippen LogP contribution in [-0.4, -0.2) is 143 Å². The van der Waals surface area contributed by atoms with Crippen LogP contribution >= 0.6 is 11.6 Å². The molecule has 5 aromatic rings. The first-order valence-electron chi connectivity index (χ1n) is 25.0. The van der Waals surface area contributed by atoms with Gasteiger partial charge in [-0.3, -0.25) is 29.7 Å². The van der Waals surface area contributed by atoms with Crippen molar-refractivity contribution in [1.82, 2.24) is 40.3 Å². The monoisotopic (exact) mass is 986 g/mol. The van der Waals surface area contributed by atoms with Crippen LogP contribution in [0.4, 0.5) is 25.1 Å². The number of aromatic nitrogens is 3. The minimum atomic E-state index is -0.743. The number of benzene rings is 3. The lowest BCUT2D eigenvalue weighted by molar-refractivity contribution is -0.120. The van der Waals surface area contributed by atoms with Crippen molar-refractivity contribution >= 4 is 62.6 Å². The first-order valence-corrected chi connectivity index (χ1v) is 25.4. The average molecular weight is 988 g/mol. The van der Waals surface area contributed by atoms with Gasteiger partial charge in [-0.25, -0.2) is 13.6 Å². The van der Waals surface area contributed by atoms with E-state index >= 15 is 8.78 Å². The number of rotatable bonds is 10. The van der Waals surface area contributed by atoms with Crippen LogP contribution in [0.3, 0.4) is 0 Å². The Morgan fingerprint density at radius 2 is 1.66 bits per heavy atom. The molecule has 3 N–H and O–H groups in total. The number of ether oxygens (including phenoxy) is 1. The van der Waals surface area contributed by atoms with Gasteiger partial charge in [0.1, 0.15) is 35.2 Å². The number of halogens is 3. The fourth-order valence-electron chi connectivity index (χ4n) is 12.1. The van der Waals surface area contributed by atoms with Crippen LogP contribution < -0.4 is 25.2 Å². The van der Waals surface area contributed by atoms with Gasteiger partial charge < -0.3 is 29.9 Å². The van der Waals surface area contributed by atoms with E-state index in [9.17, 15) is 19.5 Å². The van der Waals surface area contributed by atoms with Gasteiger partial charge >= 0.3 is 12.0 Å². The van der Waals surface area contributed by atoms with E-state index in [2.05, 4.69) is 41.2 Å². The molecule has 3 aromatic carbocycles. The molecule has 18 heteroatoms. The summed E-state index contributed by atoms with van der Waals surface area (Å²) < 4.78 is 38.3. The molecule has 4 amide bonds. The highest BCUT2D eigenvalue weighted by molar-refractivity contribution is 6.34. The highest BCUT2D eigenvalue weighted by Crippen LogP contribution is 2.47. The average Bonchev–Trinajstić information content (AvgIpc) is 3.71. The highest BCUT2D eigenvalue weighted by atomic mass is 35.5. The maximum atomic E-state index is 17.0. The number of amides is 4. The minimum absolute atomic E-state index is 0.0232. The second-order valence-electron chi connectivity index (χ2n) is 20.4. The van der Waals surface area contributed by atoms with Gasteiger partial charge in [0.15, 0.2) is 5.82 Å². The molecular weight excluding hydrogens is 930 g/mol. The van der Waals surface area contributed by atoms with E-state index in [1.165, 1.54) is 54.8 Å². The number of nitrogens with one attached hydrogen (secondary N) is 2. The van der Waals surface area contributed by atoms with Gasteiger partial charge in [0.2, 0.25) is 5.91 Å². The standard InChI is InChI=1S/C53H57ClF2N10O5/c1-2-38-42(55)8-4-33-25-37(67)27-39(45(33)38)47-46(56)48-40(28-57-47)49(65-30-35-5-6-36(31-65)58-35)61-51(60-48)71-24-23-62-19-21-63(22-20-62)29-32-9-12-53(13-10-32)14-17-64(18-15-53)50(69)34-3-7-41(54)43(26-34)66-16-11-44(68)59-52(66)70/h1,3-4,7-8,25-28,32,35-36,58,67H,5-6,9-24,29-31H2,(H,59,68,70). The number of hydrogen-bond donors (Lipinski definition) is 3. The van der Waals surface area contributed by atoms with E-state index in [-0.39, 0.29) is 69.7 Å². The predicted molar refractivity (Wildman–Crippen MR) is 267 cm³/mol. The number of terminal acetylenes is 1. The number of fused-ring (bicyclic) bond motifs is 4. The Labute approximate surface area is 415 Å². The smallest absolute Gasteiger partial charge is 0.328 e. The summed E-state index contributed by atoms with van der Waals surface area (Å²) in [6.45, 7) is 8.78. The quantitative estimate of drug-likeness (QED) is 0.124. The molecule has 15 nitrogen and oxygen atoms in total. The first-order chi connectivity index (χ1) is 34.4. The van der Waals surface area contributed by atoms with Gasteiger partial charge in [0.05, 0.1) is 21.7 Å². The zero-order valence-electron chi connectivity index (χ0n) is 39.6. The number of hydrogen-bond acceptors (Lipinski definition) is 12. The van der Waals surface area contributed by atoms with E-state index in [1.54, 1.807) is 24.4 Å². The Bertz CT molecular complexity index is 2950. The van der Waals surface area contributed by atoms with Crippen LogP contribution in [-0.2, 0) is 4.79 Å². The number of nitrogens with zero attached hydrogens (tertiary/aromatic N) is 8. The zero-order chi connectivity index (χ0) is 49.0. The Morgan fingerprint density at radius 1 is 0.915 bits per heavy atom. The Balaban J connectivity index is 0.690. The number of piperidine rings is 1. The number of aromatic hydroxyl groups is 1. The number of urea groups is 1. The van der Waals surface area contributed by atoms with Crippen LogP contribution in [0.15, 0.2) is 48.7 Å². The molecule has 2 atom stereocenters. The van der Waals surface area contributed by atoms with Gasteiger partial charge in [-0.1, -0.05) is 23.6 Å². The summed E-state index contributed by atoms with van der Waals surface area (Å²) in [4.78, 5) is 62.4. The van der Waals surface area contributed by atoms with E-state index in [0.717, 1.165) is 58.4 Å². The maximum Gasteiger partial charge on any atom is 0.328 e. The molecule has 11 rings (SSSR count).